The van der Waals surface area contributed by atoms with E-state index in [0.29, 0.717) is 4.90 Å². The molecule has 0 atom stereocenters. The third kappa shape index (κ3) is 1.63. The van der Waals surface area contributed by atoms with E-state index in [-0.39, 0.29) is 13.1 Å². The van der Waals surface area contributed by atoms with Crippen molar-refractivity contribution in [2.24, 2.45) is 0 Å². The first kappa shape index (κ1) is 8.35. The fourth-order valence-corrected chi connectivity index (χ4v) is 0.805. The highest BCUT2D eigenvalue weighted by Crippen LogP contribution is 2.18. The summed E-state index contributed by atoms with van der Waals surface area (Å²) in [5, 5.41) is 18.3. The van der Waals surface area contributed by atoms with Crippen molar-refractivity contribution in [3.63, 3.8) is 0 Å². The van der Waals surface area contributed by atoms with Crippen LogP contribution in [0.1, 0.15) is 0 Å². The van der Waals surface area contributed by atoms with Gasteiger partial charge in [-0.15, -0.1) is 5.11 Å². The number of carbonyl (C=O) groups excluding carboxylic acids is 1. The fraction of sp³-hybridized carbons (Fsp3) is 0.800. The number of nitrogens with zero attached hydrogens (tertiary/aromatic N) is 1. The van der Waals surface area contributed by atoms with Crippen LogP contribution in [0.2, 0.25) is 0 Å². The number of hydrogen-bond donors (Lipinski definition) is 1. The fourth-order valence-electron chi connectivity index (χ4n) is 0.805. The number of carbonyl (C=O) groups is 1. The molecular formula is C5H6F2NO3. The zero-order valence-corrected chi connectivity index (χ0v) is 5.46. The van der Waals surface area contributed by atoms with Gasteiger partial charge in [0.25, 0.3) is 0 Å². The van der Waals surface area contributed by atoms with E-state index in [1.54, 1.807) is 0 Å². The summed E-state index contributed by atoms with van der Waals surface area (Å²) in [6.45, 7) is -0.340. The molecule has 0 aliphatic carbocycles. The lowest BCUT2D eigenvalue weighted by atomic mass is 10.2. The predicted octanol–water partition coefficient (Wildman–Crippen LogP) is -0.787. The third-order valence-corrected chi connectivity index (χ3v) is 1.40. The lowest BCUT2D eigenvalue weighted by Crippen LogP contribution is -2.57. The Morgan fingerprint density at radius 2 is 2.00 bits per heavy atom. The highest BCUT2D eigenvalue weighted by molar-refractivity contribution is 5.82. The van der Waals surface area contributed by atoms with Crippen molar-refractivity contribution in [1.82, 2.24) is 4.90 Å². The van der Waals surface area contributed by atoms with Gasteiger partial charge in [-0.1, -0.05) is 0 Å². The summed E-state index contributed by atoms with van der Waals surface area (Å²) >= 11 is 0. The van der Waals surface area contributed by atoms with Gasteiger partial charge in [-0.25, -0.2) is 0 Å². The molecule has 11 heavy (non-hydrogen) atoms. The normalized spacial score (nSPS) is 19.8. The molecule has 1 N–H and O–H groups in total. The van der Waals surface area contributed by atoms with Crippen LogP contribution >= 0.6 is 0 Å². The molecule has 1 radical (unpaired) electrons. The van der Waals surface area contributed by atoms with Crippen LogP contribution in [0.4, 0.5) is 8.78 Å². The van der Waals surface area contributed by atoms with Crippen molar-refractivity contribution in [2.75, 3.05) is 13.1 Å². The number of aliphatic hydroxyl groups excluding tert-OH is 1. The molecule has 63 valence electrons. The van der Waals surface area contributed by atoms with Crippen LogP contribution in [0.3, 0.4) is 0 Å². The molecule has 1 fully saturated rings. The minimum atomic E-state index is -4.56. The van der Waals surface area contributed by atoms with Gasteiger partial charge >= 0.3 is 12.0 Å². The summed E-state index contributed by atoms with van der Waals surface area (Å²) in [6, 6.07) is 0. The minimum absolute atomic E-state index is 0.170. The molecule has 4 nitrogen and oxygen atoms in total. The Morgan fingerprint density at radius 3 is 2.27 bits per heavy atom. The number of alkyl halides is 2. The lowest BCUT2D eigenvalue weighted by molar-refractivity contribution is -0.247. The van der Waals surface area contributed by atoms with Gasteiger partial charge in [-0.3, -0.25) is 4.79 Å². The summed E-state index contributed by atoms with van der Waals surface area (Å²) in [5.74, 6) is -1.76. The largest absolute Gasteiger partial charge is 0.463 e. The number of amides is 1. The number of rotatable bonds is 1. The van der Waals surface area contributed by atoms with Crippen LogP contribution < -0.4 is 0 Å². The van der Waals surface area contributed by atoms with Crippen molar-refractivity contribution in [1.29, 1.82) is 0 Å². The van der Waals surface area contributed by atoms with E-state index in [1.807, 2.05) is 0 Å². The first-order valence-electron chi connectivity index (χ1n) is 2.97. The third-order valence-electron chi connectivity index (χ3n) is 1.40. The van der Waals surface area contributed by atoms with E-state index in [2.05, 4.69) is 0 Å². The second-order valence-corrected chi connectivity index (χ2v) is 2.38. The van der Waals surface area contributed by atoms with Crippen LogP contribution in [0.15, 0.2) is 0 Å². The second kappa shape index (κ2) is 2.38. The smallest absolute Gasteiger partial charge is 0.389 e. The maximum Gasteiger partial charge on any atom is 0.463 e. The number of likely N-dealkylation sites (tertiary alicyclic amines) is 1. The van der Waals surface area contributed by atoms with Crippen LogP contribution in [-0.2, 0) is 9.90 Å². The number of β-amino-alcohol motifs (C(OH)–C–C–N with tert-alkyl or cyclic N) is 1. The molecule has 0 unspecified atom stereocenters. The Labute approximate surface area is 61.0 Å². The van der Waals surface area contributed by atoms with E-state index < -0.39 is 18.1 Å². The molecule has 0 bridgehead atoms. The summed E-state index contributed by atoms with van der Waals surface area (Å²) in [4.78, 5) is 11.0. The van der Waals surface area contributed by atoms with Gasteiger partial charge in [0.05, 0.1) is 6.10 Å². The van der Waals surface area contributed by atoms with E-state index in [9.17, 15) is 18.7 Å². The zero-order chi connectivity index (χ0) is 8.65. The molecule has 1 heterocycles. The lowest BCUT2D eigenvalue weighted by Gasteiger charge is -2.35. The van der Waals surface area contributed by atoms with E-state index in [1.165, 1.54) is 0 Å². The maximum absolute atomic E-state index is 11.7. The van der Waals surface area contributed by atoms with Gasteiger partial charge in [0.1, 0.15) is 0 Å². The second-order valence-electron chi connectivity index (χ2n) is 2.38. The molecule has 0 aromatic carbocycles. The van der Waals surface area contributed by atoms with Crippen molar-refractivity contribution in [2.45, 2.75) is 12.2 Å². The summed E-state index contributed by atoms with van der Waals surface area (Å²) < 4.78 is 23.4. The van der Waals surface area contributed by atoms with Crippen molar-refractivity contribution >= 4 is 5.91 Å². The quantitative estimate of drug-likeness (QED) is 0.555. The highest BCUT2D eigenvalue weighted by Gasteiger charge is 2.45. The van der Waals surface area contributed by atoms with E-state index in [4.69, 9.17) is 5.11 Å². The van der Waals surface area contributed by atoms with Crippen molar-refractivity contribution < 1.29 is 23.8 Å². The summed E-state index contributed by atoms with van der Waals surface area (Å²) in [7, 11) is 0. The van der Waals surface area contributed by atoms with Gasteiger partial charge in [0, 0.05) is 13.1 Å². The number of aliphatic hydroxyl groups is 1. The number of hydrogen-bond acceptors (Lipinski definition) is 2. The average molecular weight is 166 g/mol. The topological polar surface area (TPSA) is 60.4 Å². The van der Waals surface area contributed by atoms with E-state index in [0.717, 1.165) is 0 Å². The van der Waals surface area contributed by atoms with Gasteiger partial charge in [0.2, 0.25) is 0 Å². The Bertz CT molecular complexity index is 173. The molecule has 0 aromatic heterocycles. The SMILES string of the molecule is [O]C(F)(F)C(=O)N1CC(O)C1. The summed E-state index contributed by atoms with van der Waals surface area (Å²) in [6.07, 6.45) is -5.32. The molecule has 1 saturated heterocycles. The molecule has 0 spiro atoms. The molecule has 0 saturated carbocycles. The average Bonchev–Trinajstić information content (AvgIpc) is 1.77. The molecule has 0 aromatic rings. The first-order chi connectivity index (χ1) is 4.91. The monoisotopic (exact) mass is 166 g/mol. The van der Waals surface area contributed by atoms with Gasteiger partial charge in [-0.2, -0.15) is 8.78 Å². The van der Waals surface area contributed by atoms with Crippen molar-refractivity contribution in [3.05, 3.63) is 0 Å². The molecule has 1 amide bonds. The van der Waals surface area contributed by atoms with Crippen LogP contribution in [0.25, 0.3) is 0 Å². The number of halogens is 2. The molecule has 1 aliphatic rings. The van der Waals surface area contributed by atoms with Crippen LogP contribution in [0.5, 0.6) is 0 Å². The maximum atomic E-state index is 11.7. The first-order valence-corrected chi connectivity index (χ1v) is 2.97. The van der Waals surface area contributed by atoms with Gasteiger partial charge < -0.3 is 10.0 Å². The Kier molecular flexibility index (Phi) is 1.81. The van der Waals surface area contributed by atoms with E-state index >= 15 is 0 Å². The molecule has 1 aliphatic heterocycles. The van der Waals surface area contributed by atoms with Crippen LogP contribution in [0, 0.1) is 0 Å². The summed E-state index contributed by atoms with van der Waals surface area (Å²) in [5.41, 5.74) is 0. The Balaban J connectivity index is 2.45. The molecule has 6 heteroatoms. The Morgan fingerprint density at radius 1 is 1.55 bits per heavy atom. The molecular weight excluding hydrogens is 160 g/mol. The minimum Gasteiger partial charge on any atom is -0.389 e. The van der Waals surface area contributed by atoms with Crippen LogP contribution in [-0.4, -0.2) is 41.2 Å². The standard InChI is InChI=1S/C5H6F2NO3/c6-5(7,11)4(10)8-1-3(9)2-8/h3,9H,1-2H2. The Hall–Kier alpha value is -0.750. The van der Waals surface area contributed by atoms with Crippen molar-refractivity contribution in [3.8, 4) is 0 Å². The molecule has 1 rings (SSSR count). The zero-order valence-electron chi connectivity index (χ0n) is 5.46. The highest BCUT2D eigenvalue weighted by atomic mass is 19.3. The predicted molar refractivity (Wildman–Crippen MR) is 28.2 cm³/mol. The van der Waals surface area contributed by atoms with Gasteiger partial charge in [0.15, 0.2) is 0 Å². The van der Waals surface area contributed by atoms with Gasteiger partial charge in [-0.05, 0) is 0 Å².